The predicted octanol–water partition coefficient (Wildman–Crippen LogP) is 3.20. The standard InChI is InChI=1S/C15H17ClN2O/c16-10-12-11-17-15(14-5-2-1-4-13(12)14)18-6-3-8-19-9-7-18/h1-2,4-5,11H,3,6-10H2. The number of anilines is 1. The van der Waals surface area contributed by atoms with Gasteiger partial charge in [-0.05, 0) is 17.4 Å². The van der Waals surface area contributed by atoms with Gasteiger partial charge in [-0.2, -0.15) is 0 Å². The van der Waals surface area contributed by atoms with Crippen LogP contribution in [0.4, 0.5) is 5.82 Å². The van der Waals surface area contributed by atoms with Gasteiger partial charge < -0.3 is 9.64 Å². The monoisotopic (exact) mass is 276 g/mol. The first kappa shape index (κ1) is 12.7. The van der Waals surface area contributed by atoms with Gasteiger partial charge in [0.15, 0.2) is 0 Å². The van der Waals surface area contributed by atoms with Crippen molar-refractivity contribution in [3.8, 4) is 0 Å². The number of halogens is 1. The molecular formula is C15H17ClN2O. The topological polar surface area (TPSA) is 25.4 Å². The van der Waals surface area contributed by atoms with Crippen LogP contribution in [0.2, 0.25) is 0 Å². The molecule has 1 aliphatic rings. The lowest BCUT2D eigenvalue weighted by Gasteiger charge is -2.23. The van der Waals surface area contributed by atoms with Crippen LogP contribution >= 0.6 is 11.6 Å². The molecule has 1 fully saturated rings. The van der Waals surface area contributed by atoms with Crippen LogP contribution in [0, 0.1) is 0 Å². The van der Waals surface area contributed by atoms with Crippen molar-refractivity contribution in [3.63, 3.8) is 0 Å². The fourth-order valence-corrected chi connectivity index (χ4v) is 2.77. The van der Waals surface area contributed by atoms with Crippen LogP contribution in [-0.2, 0) is 10.6 Å². The molecule has 4 heteroatoms. The second-order valence-electron chi connectivity index (χ2n) is 4.74. The molecule has 0 saturated carbocycles. The van der Waals surface area contributed by atoms with Crippen molar-refractivity contribution in [1.29, 1.82) is 0 Å². The van der Waals surface area contributed by atoms with Gasteiger partial charge >= 0.3 is 0 Å². The van der Waals surface area contributed by atoms with Gasteiger partial charge in [0.25, 0.3) is 0 Å². The summed E-state index contributed by atoms with van der Waals surface area (Å²) in [7, 11) is 0. The van der Waals surface area contributed by atoms with Gasteiger partial charge in [-0.15, -0.1) is 11.6 Å². The molecule has 0 unspecified atom stereocenters. The van der Waals surface area contributed by atoms with Crippen molar-refractivity contribution in [3.05, 3.63) is 36.0 Å². The molecule has 2 heterocycles. The molecule has 3 rings (SSSR count). The maximum Gasteiger partial charge on any atom is 0.136 e. The van der Waals surface area contributed by atoms with Crippen molar-refractivity contribution in [1.82, 2.24) is 4.98 Å². The lowest BCUT2D eigenvalue weighted by molar-refractivity contribution is 0.152. The minimum Gasteiger partial charge on any atom is -0.380 e. The number of hydrogen-bond donors (Lipinski definition) is 0. The largest absolute Gasteiger partial charge is 0.380 e. The molecule has 1 aliphatic heterocycles. The van der Waals surface area contributed by atoms with E-state index < -0.39 is 0 Å². The molecule has 2 aromatic rings. The molecule has 0 amide bonds. The van der Waals surface area contributed by atoms with E-state index >= 15 is 0 Å². The van der Waals surface area contributed by atoms with E-state index in [1.165, 1.54) is 10.8 Å². The maximum atomic E-state index is 6.00. The van der Waals surface area contributed by atoms with Crippen LogP contribution < -0.4 is 4.90 Å². The molecule has 19 heavy (non-hydrogen) atoms. The molecule has 0 atom stereocenters. The van der Waals surface area contributed by atoms with Crippen molar-refractivity contribution in [2.45, 2.75) is 12.3 Å². The Morgan fingerprint density at radius 3 is 2.84 bits per heavy atom. The average Bonchev–Trinajstić information content (AvgIpc) is 2.75. The summed E-state index contributed by atoms with van der Waals surface area (Å²) in [5.74, 6) is 1.55. The molecule has 0 N–H and O–H groups in total. The highest BCUT2D eigenvalue weighted by Crippen LogP contribution is 2.28. The van der Waals surface area contributed by atoms with Crippen LogP contribution in [0.15, 0.2) is 30.5 Å². The Balaban J connectivity index is 2.08. The molecule has 0 bridgehead atoms. The highest BCUT2D eigenvalue weighted by Gasteiger charge is 2.15. The Morgan fingerprint density at radius 2 is 2.00 bits per heavy atom. The summed E-state index contributed by atoms with van der Waals surface area (Å²) < 4.78 is 5.51. The Hall–Kier alpha value is -1.32. The van der Waals surface area contributed by atoms with E-state index in [1.807, 2.05) is 12.3 Å². The SMILES string of the molecule is ClCc1cnc(N2CCCOCC2)c2ccccc12. The molecule has 0 radical (unpaired) electrons. The van der Waals surface area contributed by atoms with E-state index in [4.69, 9.17) is 16.3 Å². The van der Waals surface area contributed by atoms with Gasteiger partial charge in [-0.3, -0.25) is 0 Å². The van der Waals surface area contributed by atoms with Gasteiger partial charge in [0.05, 0.1) is 6.61 Å². The fraction of sp³-hybridized carbons (Fsp3) is 0.400. The average molecular weight is 277 g/mol. The van der Waals surface area contributed by atoms with Crippen LogP contribution in [0.5, 0.6) is 0 Å². The van der Waals surface area contributed by atoms with Crippen molar-refractivity contribution < 1.29 is 4.74 Å². The highest BCUT2D eigenvalue weighted by molar-refractivity contribution is 6.18. The van der Waals surface area contributed by atoms with Crippen LogP contribution in [0.3, 0.4) is 0 Å². The van der Waals surface area contributed by atoms with E-state index in [-0.39, 0.29) is 0 Å². The second-order valence-corrected chi connectivity index (χ2v) is 5.01. The van der Waals surface area contributed by atoms with Crippen molar-refractivity contribution >= 4 is 28.2 Å². The molecular weight excluding hydrogens is 260 g/mol. The molecule has 0 spiro atoms. The third-order valence-electron chi connectivity index (χ3n) is 3.52. The number of benzene rings is 1. The zero-order chi connectivity index (χ0) is 13.1. The number of alkyl halides is 1. The summed E-state index contributed by atoms with van der Waals surface area (Å²) in [6.07, 6.45) is 2.95. The molecule has 0 aliphatic carbocycles. The van der Waals surface area contributed by atoms with Gasteiger partial charge in [0.1, 0.15) is 5.82 Å². The zero-order valence-corrected chi connectivity index (χ0v) is 11.6. The number of nitrogens with zero attached hydrogens (tertiary/aromatic N) is 2. The Morgan fingerprint density at radius 1 is 1.16 bits per heavy atom. The third-order valence-corrected chi connectivity index (χ3v) is 3.81. The Labute approximate surface area is 118 Å². The molecule has 100 valence electrons. The van der Waals surface area contributed by atoms with Gasteiger partial charge in [0.2, 0.25) is 0 Å². The first-order valence-electron chi connectivity index (χ1n) is 6.65. The number of hydrogen-bond acceptors (Lipinski definition) is 3. The quantitative estimate of drug-likeness (QED) is 0.788. The Bertz CT molecular complexity index is 565. The summed E-state index contributed by atoms with van der Waals surface area (Å²) in [4.78, 5) is 6.94. The Kier molecular flexibility index (Phi) is 3.85. The minimum absolute atomic E-state index is 0.497. The normalized spacial score (nSPS) is 16.6. The summed E-state index contributed by atoms with van der Waals surface area (Å²) in [6, 6.07) is 8.35. The van der Waals surface area contributed by atoms with Crippen molar-refractivity contribution in [2.75, 3.05) is 31.2 Å². The van der Waals surface area contributed by atoms with Crippen LogP contribution in [0.1, 0.15) is 12.0 Å². The summed E-state index contributed by atoms with van der Waals surface area (Å²) in [5, 5.41) is 2.38. The molecule has 1 aromatic carbocycles. The summed E-state index contributed by atoms with van der Waals surface area (Å²) >= 11 is 6.00. The predicted molar refractivity (Wildman–Crippen MR) is 78.9 cm³/mol. The summed E-state index contributed by atoms with van der Waals surface area (Å²) in [5.41, 5.74) is 1.09. The van der Waals surface area contributed by atoms with E-state index in [9.17, 15) is 0 Å². The zero-order valence-electron chi connectivity index (χ0n) is 10.8. The number of pyridine rings is 1. The first-order chi connectivity index (χ1) is 9.40. The smallest absolute Gasteiger partial charge is 0.136 e. The van der Waals surface area contributed by atoms with E-state index in [0.717, 1.165) is 44.1 Å². The summed E-state index contributed by atoms with van der Waals surface area (Å²) in [6.45, 7) is 3.51. The molecule has 3 nitrogen and oxygen atoms in total. The number of rotatable bonds is 2. The minimum atomic E-state index is 0.497. The molecule has 1 saturated heterocycles. The first-order valence-corrected chi connectivity index (χ1v) is 7.19. The third kappa shape index (κ3) is 2.53. The van der Waals surface area contributed by atoms with Crippen LogP contribution in [0.25, 0.3) is 10.8 Å². The van der Waals surface area contributed by atoms with Gasteiger partial charge in [0, 0.05) is 37.2 Å². The maximum absolute atomic E-state index is 6.00. The van der Waals surface area contributed by atoms with E-state index in [2.05, 4.69) is 28.1 Å². The highest BCUT2D eigenvalue weighted by atomic mass is 35.5. The fourth-order valence-electron chi connectivity index (χ4n) is 2.55. The molecule has 1 aromatic heterocycles. The van der Waals surface area contributed by atoms with E-state index in [0.29, 0.717) is 5.88 Å². The van der Waals surface area contributed by atoms with Gasteiger partial charge in [-0.25, -0.2) is 4.98 Å². The number of fused-ring (bicyclic) bond motifs is 1. The lowest BCUT2D eigenvalue weighted by Crippen LogP contribution is -2.27. The second kappa shape index (κ2) is 5.76. The number of aromatic nitrogens is 1. The van der Waals surface area contributed by atoms with E-state index in [1.54, 1.807) is 0 Å². The van der Waals surface area contributed by atoms with Gasteiger partial charge in [-0.1, -0.05) is 24.3 Å². The van der Waals surface area contributed by atoms with Crippen LogP contribution in [-0.4, -0.2) is 31.3 Å². The number of ether oxygens (including phenoxy) is 1. The lowest BCUT2D eigenvalue weighted by atomic mass is 10.1. The van der Waals surface area contributed by atoms with Crippen molar-refractivity contribution in [2.24, 2.45) is 0 Å².